The topological polar surface area (TPSA) is 87.3 Å². The van der Waals surface area contributed by atoms with E-state index in [-0.39, 0.29) is 29.8 Å². The summed E-state index contributed by atoms with van der Waals surface area (Å²) in [6, 6.07) is 17.4. The van der Waals surface area contributed by atoms with Gasteiger partial charge in [-0.25, -0.2) is 13.1 Å². The molecule has 0 aliphatic heterocycles. The fourth-order valence-electron chi connectivity index (χ4n) is 5.28. The number of benzene rings is 3. The Morgan fingerprint density at radius 1 is 0.953 bits per heavy atom. The zero-order valence-electron chi connectivity index (χ0n) is 25.0. The number of amides is 1. The maximum atomic E-state index is 13.4. The van der Waals surface area contributed by atoms with Crippen molar-refractivity contribution < 1.29 is 26.4 Å². The Morgan fingerprint density at radius 2 is 1.67 bits per heavy atom. The first-order chi connectivity index (χ1) is 20.1. The molecule has 1 aliphatic carbocycles. The van der Waals surface area contributed by atoms with E-state index in [1.165, 1.54) is 11.1 Å². The van der Waals surface area contributed by atoms with Crippen LogP contribution < -0.4 is 15.4 Å². The van der Waals surface area contributed by atoms with Crippen LogP contribution in [-0.2, 0) is 27.4 Å². The summed E-state index contributed by atoms with van der Waals surface area (Å²) in [5.41, 5.74) is 3.04. The summed E-state index contributed by atoms with van der Waals surface area (Å²) in [5.74, 6) is -0.359. The number of nitrogens with one attached hydrogen (secondary N) is 3. The minimum atomic E-state index is -4.69. The first-order valence-corrected chi connectivity index (χ1v) is 16.0. The van der Waals surface area contributed by atoms with Crippen LogP contribution in [0.5, 0.6) is 0 Å². The highest BCUT2D eigenvalue weighted by atomic mass is 32.2. The average molecular weight is 616 g/mol. The molecular formula is C33H40F3N3O3S. The van der Waals surface area contributed by atoms with Gasteiger partial charge in [-0.2, -0.15) is 13.2 Å². The quantitative estimate of drug-likeness (QED) is 0.229. The van der Waals surface area contributed by atoms with Crippen molar-refractivity contribution in [3.05, 3.63) is 101 Å². The lowest BCUT2D eigenvalue weighted by Crippen LogP contribution is -2.36. The summed E-state index contributed by atoms with van der Waals surface area (Å²) in [4.78, 5) is 12.8. The van der Waals surface area contributed by atoms with E-state index >= 15 is 0 Å². The van der Waals surface area contributed by atoms with E-state index in [4.69, 9.17) is 0 Å². The fourth-order valence-corrected chi connectivity index (χ4v) is 6.55. The Hall–Kier alpha value is -3.21. The van der Waals surface area contributed by atoms with Gasteiger partial charge >= 0.3 is 6.18 Å². The second-order valence-corrected chi connectivity index (χ2v) is 14.2. The Balaban J connectivity index is 1.50. The number of hydrogen-bond acceptors (Lipinski definition) is 4. The molecule has 0 unspecified atom stereocenters. The van der Waals surface area contributed by atoms with Gasteiger partial charge in [0.25, 0.3) is 0 Å². The second kappa shape index (κ2) is 13.2. The Labute approximate surface area is 252 Å². The molecule has 0 spiro atoms. The Kier molecular flexibility index (Phi) is 10.0. The molecule has 3 atom stereocenters. The first-order valence-electron chi connectivity index (χ1n) is 14.5. The number of carbonyl (C=O) groups is 1. The van der Waals surface area contributed by atoms with Crippen LogP contribution in [0.2, 0.25) is 0 Å². The zero-order valence-corrected chi connectivity index (χ0v) is 25.8. The SMILES string of the molecule is C[C@@H](NCC(C)(C)C)c1ccc2c(c1)CCC[C@H]2NC(=O)C[C@@H](NS(=O)(=O)c1cccc(C(F)(F)F)c1)c1ccccc1. The van der Waals surface area contributed by atoms with Gasteiger partial charge in [0.05, 0.1) is 22.5 Å². The summed E-state index contributed by atoms with van der Waals surface area (Å²) in [7, 11) is -4.38. The smallest absolute Gasteiger partial charge is 0.349 e. The van der Waals surface area contributed by atoms with Crippen molar-refractivity contribution >= 4 is 15.9 Å². The number of hydrogen-bond donors (Lipinski definition) is 3. The Morgan fingerprint density at radius 3 is 2.35 bits per heavy atom. The lowest BCUT2D eigenvalue weighted by molar-refractivity contribution is -0.137. The van der Waals surface area contributed by atoms with E-state index in [1.807, 2.05) is 0 Å². The third-order valence-electron chi connectivity index (χ3n) is 7.62. The van der Waals surface area contributed by atoms with Crippen LogP contribution in [0.4, 0.5) is 13.2 Å². The Bertz CT molecular complexity index is 1520. The van der Waals surface area contributed by atoms with E-state index in [0.717, 1.165) is 49.6 Å². The first kappa shape index (κ1) is 32.7. The standard InChI is InChI=1S/C33H40F3N3O3S/c1-22(37-21-32(2,3)4)24-16-17-28-25(18-24)12-8-15-29(28)38-31(40)20-30(23-10-6-5-7-11-23)39-43(41,42)27-14-9-13-26(19-27)33(34,35)36/h5-7,9-11,13-14,16-19,22,29-30,37,39H,8,12,15,20-21H2,1-4H3,(H,38,40)/t22-,29-,30-/m1/s1. The van der Waals surface area contributed by atoms with Crippen molar-refractivity contribution in [2.75, 3.05) is 6.54 Å². The molecule has 1 amide bonds. The van der Waals surface area contributed by atoms with Crippen molar-refractivity contribution in [3.8, 4) is 0 Å². The predicted octanol–water partition coefficient (Wildman–Crippen LogP) is 7.01. The predicted molar refractivity (Wildman–Crippen MR) is 162 cm³/mol. The number of aryl methyl sites for hydroxylation is 1. The van der Waals surface area contributed by atoms with Crippen LogP contribution in [0.3, 0.4) is 0 Å². The fraction of sp³-hybridized carbons (Fsp3) is 0.424. The lowest BCUT2D eigenvalue weighted by Gasteiger charge is -2.29. The number of rotatable bonds is 10. The molecule has 1 aliphatic rings. The summed E-state index contributed by atoms with van der Waals surface area (Å²) in [6.07, 6.45) is -2.36. The lowest BCUT2D eigenvalue weighted by atomic mass is 9.85. The van der Waals surface area contributed by atoms with Crippen LogP contribution in [0, 0.1) is 5.41 Å². The van der Waals surface area contributed by atoms with Gasteiger partial charge in [-0.05, 0) is 72.1 Å². The molecule has 3 N–H and O–H groups in total. The van der Waals surface area contributed by atoms with Gasteiger partial charge in [0.15, 0.2) is 0 Å². The van der Waals surface area contributed by atoms with Gasteiger partial charge < -0.3 is 10.6 Å². The zero-order chi connectivity index (χ0) is 31.4. The van der Waals surface area contributed by atoms with Crippen molar-refractivity contribution in [1.29, 1.82) is 0 Å². The van der Waals surface area contributed by atoms with Crippen LogP contribution in [0.15, 0.2) is 77.7 Å². The van der Waals surface area contributed by atoms with Gasteiger partial charge in [0, 0.05) is 19.0 Å². The molecule has 232 valence electrons. The molecule has 0 heterocycles. The molecule has 6 nitrogen and oxygen atoms in total. The van der Waals surface area contributed by atoms with Crippen molar-refractivity contribution in [2.24, 2.45) is 5.41 Å². The third-order valence-corrected chi connectivity index (χ3v) is 9.09. The maximum Gasteiger partial charge on any atom is 0.416 e. The second-order valence-electron chi connectivity index (χ2n) is 12.4. The highest BCUT2D eigenvalue weighted by Crippen LogP contribution is 2.33. The van der Waals surface area contributed by atoms with E-state index in [2.05, 4.69) is 61.2 Å². The number of carbonyl (C=O) groups excluding carboxylic acids is 1. The van der Waals surface area contributed by atoms with E-state index < -0.39 is 32.7 Å². The number of fused-ring (bicyclic) bond motifs is 1. The van der Waals surface area contributed by atoms with E-state index in [0.29, 0.717) is 11.6 Å². The van der Waals surface area contributed by atoms with E-state index in [9.17, 15) is 26.4 Å². The number of alkyl halides is 3. The number of sulfonamides is 1. The summed E-state index contributed by atoms with van der Waals surface area (Å²) < 4.78 is 68.6. The van der Waals surface area contributed by atoms with Crippen molar-refractivity contribution in [3.63, 3.8) is 0 Å². The summed E-state index contributed by atoms with van der Waals surface area (Å²) in [6.45, 7) is 9.58. The molecule has 0 bridgehead atoms. The van der Waals surface area contributed by atoms with Gasteiger partial charge in [-0.15, -0.1) is 0 Å². The molecule has 0 saturated heterocycles. The molecule has 0 aromatic heterocycles. The van der Waals surface area contributed by atoms with Crippen LogP contribution in [0.1, 0.15) is 92.9 Å². The van der Waals surface area contributed by atoms with Crippen molar-refractivity contribution in [1.82, 2.24) is 15.4 Å². The molecule has 0 fully saturated rings. The minimum absolute atomic E-state index is 0.163. The number of halogens is 3. The molecular weight excluding hydrogens is 575 g/mol. The van der Waals surface area contributed by atoms with Crippen LogP contribution in [0.25, 0.3) is 0 Å². The minimum Gasteiger partial charge on any atom is -0.349 e. The maximum absolute atomic E-state index is 13.4. The molecule has 43 heavy (non-hydrogen) atoms. The van der Waals surface area contributed by atoms with Gasteiger partial charge in [0.1, 0.15) is 0 Å². The highest BCUT2D eigenvalue weighted by Gasteiger charge is 2.33. The van der Waals surface area contributed by atoms with Crippen molar-refractivity contribution in [2.45, 2.75) is 82.6 Å². The van der Waals surface area contributed by atoms with Gasteiger partial charge in [0.2, 0.25) is 15.9 Å². The van der Waals surface area contributed by atoms with Gasteiger partial charge in [-0.1, -0.05) is 75.4 Å². The highest BCUT2D eigenvalue weighted by molar-refractivity contribution is 7.89. The van der Waals surface area contributed by atoms with Gasteiger partial charge in [-0.3, -0.25) is 4.79 Å². The molecule has 0 radical (unpaired) electrons. The normalized spacial score (nSPS) is 17.1. The summed E-state index contributed by atoms with van der Waals surface area (Å²) in [5, 5.41) is 6.67. The van der Waals surface area contributed by atoms with E-state index in [1.54, 1.807) is 30.3 Å². The molecule has 0 saturated carbocycles. The molecule has 10 heteroatoms. The average Bonchev–Trinajstić information content (AvgIpc) is 2.95. The monoisotopic (exact) mass is 615 g/mol. The summed E-state index contributed by atoms with van der Waals surface area (Å²) >= 11 is 0. The van der Waals surface area contributed by atoms with Crippen LogP contribution in [-0.4, -0.2) is 20.9 Å². The largest absolute Gasteiger partial charge is 0.416 e. The molecule has 4 rings (SSSR count). The molecule has 3 aromatic rings. The third kappa shape index (κ3) is 8.90. The molecule has 3 aromatic carbocycles. The van der Waals surface area contributed by atoms with Crippen LogP contribution >= 0.6 is 0 Å².